The Morgan fingerprint density at radius 2 is 2.46 bits per heavy atom. The third-order valence-corrected chi connectivity index (χ3v) is 2.03. The fourth-order valence-corrected chi connectivity index (χ4v) is 1.16. The van der Waals surface area contributed by atoms with Crippen LogP contribution in [0.25, 0.3) is 0 Å². The molecule has 13 heavy (non-hydrogen) atoms. The lowest BCUT2D eigenvalue weighted by molar-refractivity contribution is -0.137. The van der Waals surface area contributed by atoms with Crippen LogP contribution in [0.2, 0.25) is 0 Å². The average Bonchev–Trinajstić information content (AvgIpc) is 2.31. The summed E-state index contributed by atoms with van der Waals surface area (Å²) in [4.78, 5) is 14.4. The first-order valence-corrected chi connectivity index (χ1v) is 3.98. The third-order valence-electron chi connectivity index (χ3n) is 2.03. The first kappa shape index (κ1) is 9.73. The van der Waals surface area contributed by atoms with Gasteiger partial charge in [-0.3, -0.25) is 4.79 Å². The molecule has 0 spiro atoms. The molecule has 1 aromatic heterocycles. The maximum absolute atomic E-state index is 10.4. The zero-order chi connectivity index (χ0) is 10.0. The van der Waals surface area contributed by atoms with Gasteiger partial charge >= 0.3 is 5.97 Å². The molecule has 1 rings (SSSR count). The molecule has 5 heteroatoms. The number of rotatable bonds is 3. The number of nitrogens with two attached hydrogens (primary N) is 1. The molecule has 0 saturated carbocycles. The Kier molecular flexibility index (Phi) is 2.67. The van der Waals surface area contributed by atoms with Crippen molar-refractivity contribution in [2.45, 2.75) is 19.4 Å². The SMILES string of the molecule is Cc1ncc(C(N)CC(=O)O)n1C. The van der Waals surface area contributed by atoms with E-state index in [9.17, 15) is 4.79 Å². The number of aromatic nitrogens is 2. The van der Waals surface area contributed by atoms with Crippen LogP contribution in [0.4, 0.5) is 0 Å². The smallest absolute Gasteiger partial charge is 0.305 e. The van der Waals surface area contributed by atoms with Gasteiger partial charge in [0.25, 0.3) is 0 Å². The number of carboxylic acids is 1. The summed E-state index contributed by atoms with van der Waals surface area (Å²) in [6, 6.07) is -0.483. The molecular formula is C8H13N3O2. The second-order valence-electron chi connectivity index (χ2n) is 2.99. The van der Waals surface area contributed by atoms with E-state index in [2.05, 4.69) is 4.98 Å². The van der Waals surface area contributed by atoms with Gasteiger partial charge in [-0.2, -0.15) is 0 Å². The molecule has 0 aliphatic carbocycles. The lowest BCUT2D eigenvalue weighted by Crippen LogP contribution is -2.18. The van der Waals surface area contributed by atoms with E-state index >= 15 is 0 Å². The lowest BCUT2D eigenvalue weighted by Gasteiger charge is -2.09. The predicted octanol–water partition coefficient (Wildman–Crippen LogP) is 0.203. The Bertz CT molecular complexity index is 319. The van der Waals surface area contributed by atoms with E-state index in [1.165, 1.54) is 0 Å². The Balaban J connectivity index is 2.82. The molecule has 72 valence electrons. The predicted molar refractivity (Wildman–Crippen MR) is 47.1 cm³/mol. The number of aliphatic carboxylic acids is 1. The Labute approximate surface area is 76.2 Å². The standard InChI is InChI=1S/C8H13N3O2/c1-5-10-4-7(11(5)2)6(9)3-8(12)13/h4,6H,3,9H2,1-2H3,(H,12,13). The molecular weight excluding hydrogens is 170 g/mol. The van der Waals surface area contributed by atoms with Gasteiger partial charge in [-0.15, -0.1) is 0 Å². The minimum Gasteiger partial charge on any atom is -0.481 e. The summed E-state index contributed by atoms with van der Waals surface area (Å²) in [5.41, 5.74) is 6.42. The van der Waals surface area contributed by atoms with Crippen LogP contribution < -0.4 is 5.73 Å². The van der Waals surface area contributed by atoms with Gasteiger partial charge in [0.05, 0.1) is 24.4 Å². The van der Waals surface area contributed by atoms with Crippen molar-refractivity contribution in [3.8, 4) is 0 Å². The first-order valence-electron chi connectivity index (χ1n) is 3.98. The number of carbonyl (C=O) groups is 1. The summed E-state index contributed by atoms with van der Waals surface area (Å²) in [6.45, 7) is 1.84. The second kappa shape index (κ2) is 3.57. The van der Waals surface area contributed by atoms with Crippen molar-refractivity contribution in [3.63, 3.8) is 0 Å². The van der Waals surface area contributed by atoms with Crippen LogP contribution in [0.15, 0.2) is 6.20 Å². The van der Waals surface area contributed by atoms with E-state index < -0.39 is 12.0 Å². The van der Waals surface area contributed by atoms with Gasteiger partial charge < -0.3 is 15.4 Å². The summed E-state index contributed by atoms with van der Waals surface area (Å²) in [5.74, 6) is -0.0674. The van der Waals surface area contributed by atoms with E-state index in [-0.39, 0.29) is 6.42 Å². The molecule has 0 fully saturated rings. The van der Waals surface area contributed by atoms with E-state index in [0.717, 1.165) is 11.5 Å². The highest BCUT2D eigenvalue weighted by Crippen LogP contribution is 2.13. The summed E-state index contributed by atoms with van der Waals surface area (Å²) >= 11 is 0. The molecule has 5 nitrogen and oxygen atoms in total. The van der Waals surface area contributed by atoms with Crippen molar-refractivity contribution < 1.29 is 9.90 Å². The van der Waals surface area contributed by atoms with E-state index in [4.69, 9.17) is 10.8 Å². The Morgan fingerprint density at radius 1 is 1.85 bits per heavy atom. The maximum atomic E-state index is 10.4. The summed E-state index contributed by atoms with van der Waals surface area (Å²) < 4.78 is 1.80. The Morgan fingerprint density at radius 3 is 2.85 bits per heavy atom. The highest BCUT2D eigenvalue weighted by molar-refractivity contribution is 5.67. The molecule has 0 aromatic carbocycles. The van der Waals surface area contributed by atoms with Crippen LogP contribution in [0.1, 0.15) is 24.0 Å². The van der Waals surface area contributed by atoms with Gasteiger partial charge in [0.1, 0.15) is 5.82 Å². The van der Waals surface area contributed by atoms with Crippen molar-refractivity contribution in [1.29, 1.82) is 0 Å². The van der Waals surface area contributed by atoms with Crippen molar-refractivity contribution >= 4 is 5.97 Å². The lowest BCUT2D eigenvalue weighted by atomic mass is 10.1. The quantitative estimate of drug-likeness (QED) is 0.701. The minimum absolute atomic E-state index is 0.0705. The Hall–Kier alpha value is -1.36. The average molecular weight is 183 g/mol. The van der Waals surface area contributed by atoms with Crippen LogP contribution in [-0.4, -0.2) is 20.6 Å². The number of hydrogen-bond donors (Lipinski definition) is 2. The van der Waals surface area contributed by atoms with Gasteiger partial charge in [-0.05, 0) is 6.92 Å². The van der Waals surface area contributed by atoms with Crippen LogP contribution in [0, 0.1) is 6.92 Å². The van der Waals surface area contributed by atoms with E-state index in [0.29, 0.717) is 0 Å². The van der Waals surface area contributed by atoms with Gasteiger partial charge in [-0.1, -0.05) is 0 Å². The van der Waals surface area contributed by atoms with E-state index in [1.807, 2.05) is 14.0 Å². The second-order valence-corrected chi connectivity index (χ2v) is 2.99. The van der Waals surface area contributed by atoms with Crippen LogP contribution in [0.5, 0.6) is 0 Å². The van der Waals surface area contributed by atoms with Gasteiger partial charge in [0, 0.05) is 7.05 Å². The maximum Gasteiger partial charge on any atom is 0.305 e. The summed E-state index contributed by atoms with van der Waals surface area (Å²) in [7, 11) is 1.82. The largest absolute Gasteiger partial charge is 0.481 e. The highest BCUT2D eigenvalue weighted by Gasteiger charge is 2.14. The monoisotopic (exact) mass is 183 g/mol. The molecule has 0 radical (unpaired) electrons. The molecule has 0 aliphatic rings. The summed E-state index contributed by atoms with van der Waals surface area (Å²) in [5, 5.41) is 8.53. The van der Waals surface area contributed by atoms with Crippen molar-refractivity contribution in [3.05, 3.63) is 17.7 Å². The fraction of sp³-hybridized carbons (Fsp3) is 0.500. The zero-order valence-electron chi connectivity index (χ0n) is 7.69. The zero-order valence-corrected chi connectivity index (χ0v) is 7.69. The molecule has 1 unspecified atom stereocenters. The minimum atomic E-state index is -0.897. The molecule has 0 aliphatic heterocycles. The molecule has 0 saturated heterocycles. The van der Waals surface area contributed by atoms with Crippen LogP contribution >= 0.6 is 0 Å². The van der Waals surface area contributed by atoms with E-state index in [1.54, 1.807) is 10.8 Å². The number of imidazole rings is 1. The normalized spacial score (nSPS) is 12.8. The van der Waals surface area contributed by atoms with Crippen LogP contribution in [0.3, 0.4) is 0 Å². The first-order chi connectivity index (χ1) is 6.02. The molecule has 1 heterocycles. The van der Waals surface area contributed by atoms with Gasteiger partial charge in [-0.25, -0.2) is 4.98 Å². The van der Waals surface area contributed by atoms with Crippen molar-refractivity contribution in [2.75, 3.05) is 0 Å². The third kappa shape index (κ3) is 2.06. The molecule has 1 aromatic rings. The summed E-state index contributed by atoms with van der Waals surface area (Å²) in [6.07, 6.45) is 1.54. The van der Waals surface area contributed by atoms with Gasteiger partial charge in [0.2, 0.25) is 0 Å². The number of hydrogen-bond acceptors (Lipinski definition) is 3. The highest BCUT2D eigenvalue weighted by atomic mass is 16.4. The molecule has 3 N–H and O–H groups in total. The van der Waals surface area contributed by atoms with Crippen molar-refractivity contribution in [2.24, 2.45) is 12.8 Å². The van der Waals surface area contributed by atoms with Gasteiger partial charge in [0.15, 0.2) is 0 Å². The number of carboxylic acid groups (broad SMARTS) is 1. The van der Waals surface area contributed by atoms with Crippen molar-refractivity contribution in [1.82, 2.24) is 9.55 Å². The molecule has 0 amide bonds. The number of nitrogens with zero attached hydrogens (tertiary/aromatic N) is 2. The molecule has 1 atom stereocenters. The number of aryl methyl sites for hydroxylation is 1. The topological polar surface area (TPSA) is 81.1 Å². The van der Waals surface area contributed by atoms with Crippen LogP contribution in [-0.2, 0) is 11.8 Å². The molecule has 0 bridgehead atoms. The fourth-order valence-electron chi connectivity index (χ4n) is 1.16.